The Balaban J connectivity index is 1.95. The van der Waals surface area contributed by atoms with Crippen LogP contribution in [0.4, 0.5) is 22.2 Å². The van der Waals surface area contributed by atoms with E-state index in [0.29, 0.717) is 36.0 Å². The predicted molar refractivity (Wildman–Crippen MR) is 107 cm³/mol. The Morgan fingerprint density at radius 3 is 2.78 bits per heavy atom. The van der Waals surface area contributed by atoms with E-state index in [-0.39, 0.29) is 5.95 Å². The van der Waals surface area contributed by atoms with Crippen molar-refractivity contribution in [1.82, 2.24) is 14.8 Å². The number of carbonyl (C=O) groups excluding carboxylic acids is 1. The SMILES string of the molecule is COc1cccc(NC(=O)Nc2nc(C)cc(NCCN(C)B(C)O)n2)c1. The summed E-state index contributed by atoms with van der Waals surface area (Å²) in [6.45, 7) is 4.75. The third kappa shape index (κ3) is 6.76. The molecular weight excluding hydrogens is 347 g/mol. The number of benzene rings is 1. The molecule has 9 nitrogen and oxygen atoms in total. The molecule has 1 aromatic carbocycles. The van der Waals surface area contributed by atoms with Gasteiger partial charge in [0.1, 0.15) is 11.6 Å². The summed E-state index contributed by atoms with van der Waals surface area (Å²) in [6.07, 6.45) is 0. The van der Waals surface area contributed by atoms with Gasteiger partial charge >= 0.3 is 13.1 Å². The quantitative estimate of drug-likeness (QED) is 0.524. The van der Waals surface area contributed by atoms with Crippen LogP contribution in [0.25, 0.3) is 0 Å². The molecule has 2 amide bonds. The first-order valence-corrected chi connectivity index (χ1v) is 8.57. The number of aromatic nitrogens is 2. The number of methoxy groups -OCH3 is 1. The lowest BCUT2D eigenvalue weighted by Gasteiger charge is -2.17. The number of carbonyl (C=O) groups is 1. The first-order valence-electron chi connectivity index (χ1n) is 8.57. The molecule has 0 saturated heterocycles. The summed E-state index contributed by atoms with van der Waals surface area (Å²) in [5, 5.41) is 18.0. The van der Waals surface area contributed by atoms with Crippen LogP contribution in [0.3, 0.4) is 0 Å². The van der Waals surface area contributed by atoms with Crippen LogP contribution in [0.2, 0.25) is 6.82 Å². The van der Waals surface area contributed by atoms with Gasteiger partial charge in [-0.3, -0.25) is 5.32 Å². The van der Waals surface area contributed by atoms with Gasteiger partial charge in [-0.2, -0.15) is 4.98 Å². The Kier molecular flexibility index (Phi) is 7.39. The molecule has 4 N–H and O–H groups in total. The Hall–Kier alpha value is -2.85. The molecule has 0 spiro atoms. The highest BCUT2D eigenvalue weighted by molar-refractivity contribution is 6.45. The van der Waals surface area contributed by atoms with E-state index in [2.05, 4.69) is 25.9 Å². The van der Waals surface area contributed by atoms with Crippen LogP contribution in [0.15, 0.2) is 30.3 Å². The number of anilines is 3. The monoisotopic (exact) mass is 372 g/mol. The highest BCUT2D eigenvalue weighted by Gasteiger charge is 2.11. The molecule has 10 heteroatoms. The smallest absolute Gasteiger partial charge is 0.376 e. The minimum Gasteiger partial charge on any atom is -0.497 e. The van der Waals surface area contributed by atoms with Crippen LogP contribution in [-0.2, 0) is 0 Å². The van der Waals surface area contributed by atoms with Crippen molar-refractivity contribution in [2.24, 2.45) is 0 Å². The fourth-order valence-corrected chi connectivity index (χ4v) is 2.23. The second-order valence-corrected chi connectivity index (χ2v) is 6.07. The molecule has 1 heterocycles. The molecule has 0 aliphatic heterocycles. The van der Waals surface area contributed by atoms with Crippen molar-refractivity contribution in [1.29, 1.82) is 0 Å². The van der Waals surface area contributed by atoms with Crippen molar-refractivity contribution in [2.45, 2.75) is 13.7 Å². The van der Waals surface area contributed by atoms with E-state index in [4.69, 9.17) is 4.74 Å². The molecule has 27 heavy (non-hydrogen) atoms. The van der Waals surface area contributed by atoms with Crippen LogP contribution in [0.1, 0.15) is 5.69 Å². The second-order valence-electron chi connectivity index (χ2n) is 6.07. The number of aryl methyl sites for hydroxylation is 1. The topological polar surface area (TPSA) is 112 Å². The number of ether oxygens (including phenoxy) is 1. The lowest BCUT2D eigenvalue weighted by molar-refractivity contribution is 0.262. The standard InChI is InChI=1S/C17H25BN6O3/c1-12-10-15(19-8-9-24(3)18(2)26)22-16(20-12)23-17(25)21-13-6-5-7-14(11-13)27-4/h5-7,10-11,26H,8-9H2,1-4H3,(H3,19,20,21,22,23,25). The number of urea groups is 1. The van der Waals surface area contributed by atoms with Gasteiger partial charge in [0.25, 0.3) is 0 Å². The van der Waals surface area contributed by atoms with Gasteiger partial charge in [-0.05, 0) is 32.9 Å². The molecule has 0 atom stereocenters. The van der Waals surface area contributed by atoms with Crippen LogP contribution < -0.4 is 20.7 Å². The zero-order valence-corrected chi connectivity index (χ0v) is 16.0. The molecule has 144 valence electrons. The Labute approximate surface area is 159 Å². The van der Waals surface area contributed by atoms with Crippen molar-refractivity contribution in [3.63, 3.8) is 0 Å². The largest absolute Gasteiger partial charge is 0.497 e. The van der Waals surface area contributed by atoms with E-state index in [1.165, 1.54) is 0 Å². The van der Waals surface area contributed by atoms with E-state index in [1.807, 2.05) is 14.0 Å². The van der Waals surface area contributed by atoms with Gasteiger partial charge in [0.05, 0.1) is 7.11 Å². The summed E-state index contributed by atoms with van der Waals surface area (Å²) in [7, 11) is 2.87. The Bertz CT molecular complexity index is 774. The van der Waals surface area contributed by atoms with Crippen LogP contribution in [0, 0.1) is 6.92 Å². The first-order chi connectivity index (χ1) is 12.9. The lowest BCUT2D eigenvalue weighted by Crippen LogP contribution is -2.36. The lowest BCUT2D eigenvalue weighted by atomic mass is 9.86. The van der Waals surface area contributed by atoms with Gasteiger partial charge in [0, 0.05) is 36.6 Å². The summed E-state index contributed by atoms with van der Waals surface area (Å²) < 4.78 is 5.13. The molecule has 0 aliphatic carbocycles. The zero-order valence-electron chi connectivity index (χ0n) is 16.0. The van der Waals surface area contributed by atoms with Crippen molar-refractivity contribution in [3.8, 4) is 5.75 Å². The molecule has 2 rings (SSSR count). The molecular formula is C17H25BN6O3. The van der Waals surface area contributed by atoms with Crippen molar-refractivity contribution in [3.05, 3.63) is 36.0 Å². The fraction of sp³-hybridized carbons (Fsp3) is 0.353. The van der Waals surface area contributed by atoms with E-state index in [0.717, 1.165) is 0 Å². The van der Waals surface area contributed by atoms with Gasteiger partial charge in [-0.25, -0.2) is 9.78 Å². The summed E-state index contributed by atoms with van der Waals surface area (Å²) >= 11 is 0. The first kappa shape index (κ1) is 20.5. The third-order valence-corrected chi connectivity index (χ3v) is 3.82. The van der Waals surface area contributed by atoms with E-state index >= 15 is 0 Å². The van der Waals surface area contributed by atoms with Crippen molar-refractivity contribution < 1.29 is 14.6 Å². The number of nitrogens with one attached hydrogen (secondary N) is 3. The summed E-state index contributed by atoms with van der Waals surface area (Å²) in [4.78, 5) is 22.5. The minimum absolute atomic E-state index is 0.196. The van der Waals surface area contributed by atoms with E-state index in [1.54, 1.807) is 49.1 Å². The van der Waals surface area contributed by atoms with Gasteiger partial charge in [-0.15, -0.1) is 0 Å². The maximum absolute atomic E-state index is 12.2. The highest BCUT2D eigenvalue weighted by atomic mass is 16.5. The molecule has 0 aliphatic rings. The Morgan fingerprint density at radius 1 is 1.30 bits per heavy atom. The number of rotatable bonds is 8. The second kappa shape index (κ2) is 9.74. The minimum atomic E-state index is -0.517. The number of amides is 2. The highest BCUT2D eigenvalue weighted by Crippen LogP contribution is 2.17. The van der Waals surface area contributed by atoms with Crippen LogP contribution in [0.5, 0.6) is 5.75 Å². The van der Waals surface area contributed by atoms with Crippen molar-refractivity contribution >= 4 is 30.5 Å². The van der Waals surface area contributed by atoms with E-state index < -0.39 is 13.1 Å². The summed E-state index contributed by atoms with van der Waals surface area (Å²) in [5.41, 5.74) is 1.31. The summed E-state index contributed by atoms with van der Waals surface area (Å²) in [6, 6.07) is 8.37. The summed E-state index contributed by atoms with van der Waals surface area (Å²) in [5.74, 6) is 1.44. The molecule has 0 unspecified atom stereocenters. The molecule has 0 radical (unpaired) electrons. The zero-order chi connectivity index (χ0) is 19.8. The van der Waals surface area contributed by atoms with Gasteiger partial charge < -0.3 is 25.2 Å². The number of hydrogen-bond acceptors (Lipinski definition) is 7. The molecule has 1 aromatic heterocycles. The number of likely N-dealkylation sites (N-methyl/N-ethyl adjacent to an activating group) is 1. The van der Waals surface area contributed by atoms with Gasteiger partial charge in [0.15, 0.2) is 0 Å². The normalized spacial score (nSPS) is 10.4. The number of hydrogen-bond donors (Lipinski definition) is 4. The maximum Gasteiger partial charge on any atom is 0.376 e. The predicted octanol–water partition coefficient (Wildman–Crippen LogP) is 1.89. The maximum atomic E-state index is 12.2. The average Bonchev–Trinajstić information content (AvgIpc) is 2.61. The fourth-order valence-electron chi connectivity index (χ4n) is 2.23. The van der Waals surface area contributed by atoms with E-state index in [9.17, 15) is 9.82 Å². The van der Waals surface area contributed by atoms with Crippen molar-refractivity contribution in [2.75, 3.05) is 43.2 Å². The molecule has 0 saturated carbocycles. The molecule has 2 aromatic rings. The van der Waals surface area contributed by atoms with Crippen LogP contribution in [-0.4, -0.2) is 60.1 Å². The Morgan fingerprint density at radius 2 is 2.07 bits per heavy atom. The van der Waals surface area contributed by atoms with Crippen LogP contribution >= 0.6 is 0 Å². The third-order valence-electron chi connectivity index (χ3n) is 3.82. The van der Waals surface area contributed by atoms with Gasteiger partial charge in [-0.1, -0.05) is 6.07 Å². The van der Waals surface area contributed by atoms with Gasteiger partial charge in [0.2, 0.25) is 5.95 Å². The molecule has 0 bridgehead atoms. The average molecular weight is 372 g/mol. The molecule has 0 fully saturated rings. The number of nitrogens with zero attached hydrogens (tertiary/aromatic N) is 3.